The maximum atomic E-state index is 11.7. The molecule has 1 heterocycles. The highest BCUT2D eigenvalue weighted by molar-refractivity contribution is 9.10. The summed E-state index contributed by atoms with van der Waals surface area (Å²) in [6.07, 6.45) is 2.83. The van der Waals surface area contributed by atoms with E-state index in [0.29, 0.717) is 17.0 Å². The van der Waals surface area contributed by atoms with Crippen LogP contribution >= 0.6 is 15.9 Å². The molecule has 0 radical (unpaired) electrons. The van der Waals surface area contributed by atoms with E-state index < -0.39 is 0 Å². The van der Waals surface area contributed by atoms with Crippen molar-refractivity contribution in [3.63, 3.8) is 0 Å². The van der Waals surface area contributed by atoms with Gasteiger partial charge in [-0.2, -0.15) is 0 Å². The normalized spacial score (nSPS) is 10.2. The lowest BCUT2D eigenvalue weighted by atomic mass is 10.2. The summed E-state index contributed by atoms with van der Waals surface area (Å²) in [4.78, 5) is 11.7. The van der Waals surface area contributed by atoms with Gasteiger partial charge in [0.15, 0.2) is 12.4 Å². The van der Waals surface area contributed by atoms with Crippen LogP contribution in [0, 0.1) is 0 Å². The van der Waals surface area contributed by atoms with E-state index in [2.05, 4.69) is 15.9 Å². The molecule has 4 nitrogen and oxygen atoms in total. The number of rotatable bonds is 4. The first kappa shape index (κ1) is 11.7. The standard InChI is InChI=1S/C12H10BrNO3/c13-9-2-1-3-10(14)12(9)17-7-11(15)8-4-5-16-6-8/h1-6H,7,14H2. The van der Waals surface area contributed by atoms with E-state index in [1.54, 1.807) is 24.3 Å². The van der Waals surface area contributed by atoms with Crippen LogP contribution in [0.25, 0.3) is 0 Å². The van der Waals surface area contributed by atoms with Crippen molar-refractivity contribution < 1.29 is 13.9 Å². The van der Waals surface area contributed by atoms with Crippen molar-refractivity contribution in [1.82, 2.24) is 0 Å². The van der Waals surface area contributed by atoms with Crippen LogP contribution in [-0.2, 0) is 0 Å². The third-order valence-electron chi connectivity index (χ3n) is 2.19. The molecular weight excluding hydrogens is 286 g/mol. The Balaban J connectivity index is 2.06. The van der Waals surface area contributed by atoms with Gasteiger partial charge in [-0.15, -0.1) is 0 Å². The van der Waals surface area contributed by atoms with Crippen LogP contribution in [0.5, 0.6) is 5.75 Å². The van der Waals surface area contributed by atoms with Gasteiger partial charge < -0.3 is 14.9 Å². The molecule has 0 amide bonds. The average Bonchev–Trinajstić information content (AvgIpc) is 2.81. The Morgan fingerprint density at radius 2 is 2.24 bits per heavy atom. The van der Waals surface area contributed by atoms with Gasteiger partial charge in [-0.1, -0.05) is 6.07 Å². The van der Waals surface area contributed by atoms with Gasteiger partial charge in [-0.25, -0.2) is 0 Å². The molecular formula is C12H10BrNO3. The van der Waals surface area contributed by atoms with Crippen molar-refractivity contribution >= 4 is 27.4 Å². The number of para-hydroxylation sites is 1. The Kier molecular flexibility index (Phi) is 3.49. The number of benzene rings is 1. The predicted molar refractivity (Wildman–Crippen MR) is 67.1 cm³/mol. The maximum absolute atomic E-state index is 11.7. The number of nitrogens with two attached hydrogens (primary N) is 1. The number of ether oxygens (including phenoxy) is 1. The van der Waals surface area contributed by atoms with Crippen molar-refractivity contribution in [2.75, 3.05) is 12.3 Å². The molecule has 0 fully saturated rings. The molecule has 0 aliphatic heterocycles. The zero-order valence-electron chi connectivity index (χ0n) is 8.85. The minimum atomic E-state index is -0.158. The fourth-order valence-electron chi connectivity index (χ4n) is 1.32. The predicted octanol–water partition coefficient (Wildman–Crippen LogP) is 2.89. The Labute approximate surface area is 106 Å². The fourth-order valence-corrected chi connectivity index (χ4v) is 1.82. The molecule has 0 bridgehead atoms. The van der Waals surface area contributed by atoms with Gasteiger partial charge in [0.05, 0.1) is 22.0 Å². The quantitative estimate of drug-likeness (QED) is 0.696. The summed E-state index contributed by atoms with van der Waals surface area (Å²) in [5.74, 6) is 0.318. The number of furan rings is 1. The SMILES string of the molecule is Nc1cccc(Br)c1OCC(=O)c1ccoc1. The van der Waals surface area contributed by atoms with Crippen molar-refractivity contribution in [3.05, 3.63) is 46.8 Å². The first-order valence-electron chi connectivity index (χ1n) is 4.90. The molecule has 0 aliphatic rings. The topological polar surface area (TPSA) is 65.5 Å². The molecule has 5 heteroatoms. The van der Waals surface area contributed by atoms with Gasteiger partial charge in [0.2, 0.25) is 5.78 Å². The molecule has 1 aromatic heterocycles. The van der Waals surface area contributed by atoms with E-state index in [0.717, 1.165) is 4.47 Å². The lowest BCUT2D eigenvalue weighted by Crippen LogP contribution is -2.11. The summed E-state index contributed by atoms with van der Waals surface area (Å²) < 4.78 is 10.9. The summed E-state index contributed by atoms with van der Waals surface area (Å²) in [7, 11) is 0. The first-order valence-corrected chi connectivity index (χ1v) is 5.70. The van der Waals surface area contributed by atoms with Crippen LogP contribution in [-0.4, -0.2) is 12.4 Å². The van der Waals surface area contributed by atoms with Crippen LogP contribution in [0.15, 0.2) is 45.7 Å². The molecule has 2 rings (SSSR count). The van der Waals surface area contributed by atoms with E-state index in [4.69, 9.17) is 14.9 Å². The van der Waals surface area contributed by atoms with Crippen molar-refractivity contribution in [3.8, 4) is 5.75 Å². The number of hydrogen-bond donors (Lipinski definition) is 1. The molecule has 88 valence electrons. The maximum Gasteiger partial charge on any atom is 0.203 e. The third-order valence-corrected chi connectivity index (χ3v) is 2.81. The monoisotopic (exact) mass is 295 g/mol. The van der Waals surface area contributed by atoms with E-state index in [1.165, 1.54) is 12.5 Å². The second-order valence-electron chi connectivity index (χ2n) is 3.38. The summed E-state index contributed by atoms with van der Waals surface area (Å²) in [5, 5.41) is 0. The summed E-state index contributed by atoms with van der Waals surface area (Å²) in [5.41, 5.74) is 6.71. The Hall–Kier alpha value is -1.75. The van der Waals surface area contributed by atoms with Crippen molar-refractivity contribution in [2.45, 2.75) is 0 Å². The molecule has 0 aliphatic carbocycles. The number of carbonyl (C=O) groups excluding carboxylic acids is 1. The number of halogens is 1. The zero-order valence-corrected chi connectivity index (χ0v) is 10.4. The molecule has 0 saturated heterocycles. The second kappa shape index (κ2) is 5.05. The Bertz CT molecular complexity index is 502. The van der Waals surface area contributed by atoms with Crippen LogP contribution in [0.4, 0.5) is 5.69 Å². The van der Waals surface area contributed by atoms with Gasteiger partial charge in [0.25, 0.3) is 0 Å². The zero-order chi connectivity index (χ0) is 12.3. The van der Waals surface area contributed by atoms with Gasteiger partial charge >= 0.3 is 0 Å². The van der Waals surface area contributed by atoms with Crippen molar-refractivity contribution in [1.29, 1.82) is 0 Å². The number of anilines is 1. The number of nitrogen functional groups attached to an aromatic ring is 1. The largest absolute Gasteiger partial charge is 0.482 e. The van der Waals surface area contributed by atoms with E-state index >= 15 is 0 Å². The summed E-state index contributed by atoms with van der Waals surface area (Å²) in [6, 6.07) is 6.90. The molecule has 1 aromatic carbocycles. The number of carbonyl (C=O) groups is 1. The first-order chi connectivity index (χ1) is 8.18. The summed E-state index contributed by atoms with van der Waals surface area (Å²) >= 11 is 3.31. The minimum Gasteiger partial charge on any atom is -0.482 e. The number of Topliss-reactive ketones (excluding diaryl/α,β-unsaturated/α-hetero) is 1. The lowest BCUT2D eigenvalue weighted by Gasteiger charge is -2.09. The van der Waals surface area contributed by atoms with Crippen LogP contribution in [0.2, 0.25) is 0 Å². The van der Waals surface area contributed by atoms with E-state index in [-0.39, 0.29) is 12.4 Å². The average molecular weight is 296 g/mol. The Morgan fingerprint density at radius 1 is 1.41 bits per heavy atom. The molecule has 17 heavy (non-hydrogen) atoms. The molecule has 2 aromatic rings. The molecule has 0 unspecified atom stereocenters. The highest BCUT2D eigenvalue weighted by Gasteiger charge is 2.11. The Morgan fingerprint density at radius 3 is 2.88 bits per heavy atom. The third kappa shape index (κ3) is 2.68. The highest BCUT2D eigenvalue weighted by Crippen LogP contribution is 2.30. The highest BCUT2D eigenvalue weighted by atomic mass is 79.9. The van der Waals surface area contributed by atoms with E-state index in [1.807, 2.05) is 0 Å². The van der Waals surface area contributed by atoms with Crippen LogP contribution in [0.1, 0.15) is 10.4 Å². The summed E-state index contributed by atoms with van der Waals surface area (Å²) in [6.45, 7) is -0.0770. The van der Waals surface area contributed by atoms with Gasteiger partial charge in [-0.3, -0.25) is 4.79 Å². The van der Waals surface area contributed by atoms with Gasteiger partial charge in [-0.05, 0) is 34.1 Å². The fraction of sp³-hybridized carbons (Fsp3) is 0.0833. The minimum absolute atomic E-state index is 0.0770. The number of ketones is 1. The molecule has 0 atom stereocenters. The molecule has 0 saturated carbocycles. The molecule has 2 N–H and O–H groups in total. The van der Waals surface area contributed by atoms with Crippen molar-refractivity contribution in [2.24, 2.45) is 0 Å². The van der Waals surface area contributed by atoms with Gasteiger partial charge in [0.1, 0.15) is 6.26 Å². The smallest absolute Gasteiger partial charge is 0.203 e. The molecule has 0 spiro atoms. The number of hydrogen-bond acceptors (Lipinski definition) is 4. The lowest BCUT2D eigenvalue weighted by molar-refractivity contribution is 0.0921. The van der Waals surface area contributed by atoms with E-state index in [9.17, 15) is 4.79 Å². The van der Waals surface area contributed by atoms with Crippen LogP contribution < -0.4 is 10.5 Å². The van der Waals surface area contributed by atoms with Gasteiger partial charge in [0, 0.05) is 0 Å². The van der Waals surface area contributed by atoms with Crippen LogP contribution in [0.3, 0.4) is 0 Å². The second-order valence-corrected chi connectivity index (χ2v) is 4.24.